The summed E-state index contributed by atoms with van der Waals surface area (Å²) in [6.07, 6.45) is 4.45. The molecule has 1 unspecified atom stereocenters. The Morgan fingerprint density at radius 1 is 1.46 bits per heavy atom. The number of fused-ring (bicyclic) bond motifs is 1. The van der Waals surface area contributed by atoms with Crippen molar-refractivity contribution in [2.45, 2.75) is 45.2 Å². The van der Waals surface area contributed by atoms with E-state index in [1.54, 1.807) is 0 Å². The Morgan fingerprint density at radius 2 is 2.31 bits per heavy atom. The van der Waals surface area contributed by atoms with Crippen molar-refractivity contribution in [2.24, 2.45) is 5.73 Å². The molecule has 0 aliphatic carbocycles. The van der Waals surface area contributed by atoms with Crippen molar-refractivity contribution in [3.05, 3.63) is 11.6 Å². The third kappa shape index (κ3) is 1.46. The second kappa shape index (κ2) is 3.46. The molecule has 72 valence electrons. The number of aromatic nitrogens is 3. The summed E-state index contributed by atoms with van der Waals surface area (Å²) < 4.78 is 2.19. The summed E-state index contributed by atoms with van der Waals surface area (Å²) >= 11 is 0. The van der Waals surface area contributed by atoms with Gasteiger partial charge in [0, 0.05) is 13.0 Å². The molecule has 0 radical (unpaired) electrons. The van der Waals surface area contributed by atoms with Crippen molar-refractivity contribution >= 4 is 0 Å². The molecule has 0 aromatic carbocycles. The first-order chi connectivity index (χ1) is 6.33. The van der Waals surface area contributed by atoms with E-state index in [1.165, 1.54) is 12.8 Å². The molecule has 2 rings (SSSR count). The molecule has 0 saturated carbocycles. The van der Waals surface area contributed by atoms with Gasteiger partial charge in [-0.3, -0.25) is 0 Å². The molecule has 4 heteroatoms. The fourth-order valence-electron chi connectivity index (χ4n) is 1.79. The lowest BCUT2D eigenvalue weighted by atomic mass is 10.1. The van der Waals surface area contributed by atoms with Crippen molar-refractivity contribution in [3.8, 4) is 0 Å². The highest BCUT2D eigenvalue weighted by Gasteiger charge is 2.18. The van der Waals surface area contributed by atoms with Crippen molar-refractivity contribution < 1.29 is 0 Å². The minimum absolute atomic E-state index is 0.0550. The lowest BCUT2D eigenvalue weighted by Crippen LogP contribution is -2.19. The molecule has 0 fully saturated rings. The van der Waals surface area contributed by atoms with Gasteiger partial charge in [0.15, 0.2) is 0 Å². The number of rotatable bonds is 2. The van der Waals surface area contributed by atoms with E-state index in [9.17, 15) is 0 Å². The van der Waals surface area contributed by atoms with Crippen LogP contribution in [0.3, 0.4) is 0 Å². The maximum atomic E-state index is 5.94. The maximum Gasteiger partial charge on any atom is 0.149 e. The second-order valence-electron chi connectivity index (χ2n) is 3.60. The smallest absolute Gasteiger partial charge is 0.149 e. The minimum Gasteiger partial charge on any atom is -0.321 e. The van der Waals surface area contributed by atoms with Crippen molar-refractivity contribution in [1.82, 2.24) is 14.8 Å². The van der Waals surface area contributed by atoms with Crippen LogP contribution in [-0.2, 0) is 13.0 Å². The Morgan fingerprint density at radius 3 is 3.08 bits per heavy atom. The summed E-state index contributed by atoms with van der Waals surface area (Å²) in [6.45, 7) is 3.13. The molecule has 13 heavy (non-hydrogen) atoms. The van der Waals surface area contributed by atoms with Gasteiger partial charge < -0.3 is 10.3 Å². The number of hydrogen-bond donors (Lipinski definition) is 1. The third-order valence-corrected chi connectivity index (χ3v) is 2.66. The summed E-state index contributed by atoms with van der Waals surface area (Å²) in [5.74, 6) is 2.09. The molecule has 2 N–H and O–H groups in total. The monoisotopic (exact) mass is 180 g/mol. The second-order valence-corrected chi connectivity index (χ2v) is 3.60. The van der Waals surface area contributed by atoms with E-state index >= 15 is 0 Å². The highest BCUT2D eigenvalue weighted by molar-refractivity contribution is 5.02. The zero-order valence-corrected chi connectivity index (χ0v) is 8.03. The molecule has 1 aliphatic rings. The van der Waals surface area contributed by atoms with Gasteiger partial charge >= 0.3 is 0 Å². The van der Waals surface area contributed by atoms with Gasteiger partial charge in [0.25, 0.3) is 0 Å². The number of nitrogens with two attached hydrogens (primary N) is 1. The molecule has 1 aliphatic heterocycles. The van der Waals surface area contributed by atoms with Gasteiger partial charge in [0.1, 0.15) is 11.6 Å². The highest BCUT2D eigenvalue weighted by atomic mass is 15.3. The van der Waals surface area contributed by atoms with Crippen LogP contribution in [0.2, 0.25) is 0 Å². The third-order valence-electron chi connectivity index (χ3n) is 2.66. The van der Waals surface area contributed by atoms with Gasteiger partial charge in [-0.25, -0.2) is 0 Å². The zero-order chi connectivity index (χ0) is 9.26. The van der Waals surface area contributed by atoms with Crippen LogP contribution in [0.1, 0.15) is 43.9 Å². The minimum atomic E-state index is 0.0550. The van der Waals surface area contributed by atoms with Crippen LogP contribution in [0.5, 0.6) is 0 Å². The summed E-state index contributed by atoms with van der Waals surface area (Å²) in [4.78, 5) is 0. The number of aryl methyl sites for hydroxylation is 1. The Kier molecular flexibility index (Phi) is 2.31. The molecular formula is C9H16N4. The molecule has 0 spiro atoms. The molecule has 0 amide bonds. The average molecular weight is 180 g/mol. The lowest BCUT2D eigenvalue weighted by Gasteiger charge is -2.16. The van der Waals surface area contributed by atoms with Gasteiger partial charge in [-0.1, -0.05) is 6.92 Å². The van der Waals surface area contributed by atoms with Crippen LogP contribution in [-0.4, -0.2) is 14.8 Å². The Hall–Kier alpha value is -0.900. The molecule has 4 nitrogen and oxygen atoms in total. The first kappa shape index (κ1) is 8.69. The van der Waals surface area contributed by atoms with Crippen LogP contribution in [0, 0.1) is 0 Å². The van der Waals surface area contributed by atoms with E-state index in [4.69, 9.17) is 5.73 Å². The van der Waals surface area contributed by atoms with Crippen LogP contribution < -0.4 is 5.73 Å². The number of hydrogen-bond acceptors (Lipinski definition) is 3. The van der Waals surface area contributed by atoms with E-state index in [-0.39, 0.29) is 6.04 Å². The average Bonchev–Trinajstić information content (AvgIpc) is 2.60. The summed E-state index contributed by atoms with van der Waals surface area (Å²) in [5.41, 5.74) is 5.94. The predicted molar refractivity (Wildman–Crippen MR) is 50.2 cm³/mol. The van der Waals surface area contributed by atoms with Crippen molar-refractivity contribution in [3.63, 3.8) is 0 Å². The number of nitrogens with zero attached hydrogens (tertiary/aromatic N) is 3. The summed E-state index contributed by atoms with van der Waals surface area (Å²) in [5, 5.41) is 8.32. The molecule has 2 heterocycles. The largest absolute Gasteiger partial charge is 0.321 e. The molecular weight excluding hydrogens is 164 g/mol. The van der Waals surface area contributed by atoms with Crippen molar-refractivity contribution in [1.29, 1.82) is 0 Å². The molecule has 1 aromatic rings. The van der Waals surface area contributed by atoms with Crippen LogP contribution in [0.25, 0.3) is 0 Å². The zero-order valence-electron chi connectivity index (χ0n) is 8.03. The Balaban J connectivity index is 2.31. The topological polar surface area (TPSA) is 56.7 Å². The van der Waals surface area contributed by atoms with E-state index in [0.717, 1.165) is 31.0 Å². The molecule has 1 atom stereocenters. The summed E-state index contributed by atoms with van der Waals surface area (Å²) in [6, 6.07) is 0.0550. The van der Waals surface area contributed by atoms with E-state index in [0.29, 0.717) is 0 Å². The van der Waals surface area contributed by atoms with Gasteiger partial charge in [-0.2, -0.15) is 0 Å². The lowest BCUT2D eigenvalue weighted by molar-refractivity contribution is 0.487. The highest BCUT2D eigenvalue weighted by Crippen LogP contribution is 2.18. The fraction of sp³-hybridized carbons (Fsp3) is 0.778. The van der Waals surface area contributed by atoms with Crippen LogP contribution in [0.4, 0.5) is 0 Å². The van der Waals surface area contributed by atoms with Crippen LogP contribution in [0.15, 0.2) is 0 Å². The van der Waals surface area contributed by atoms with Gasteiger partial charge in [0.2, 0.25) is 0 Å². The molecule has 0 saturated heterocycles. The summed E-state index contributed by atoms with van der Waals surface area (Å²) in [7, 11) is 0. The first-order valence-corrected chi connectivity index (χ1v) is 5.00. The van der Waals surface area contributed by atoms with Gasteiger partial charge in [0.05, 0.1) is 6.04 Å². The quantitative estimate of drug-likeness (QED) is 0.739. The van der Waals surface area contributed by atoms with E-state index in [2.05, 4.69) is 21.7 Å². The van der Waals surface area contributed by atoms with Crippen LogP contribution >= 0.6 is 0 Å². The normalized spacial score (nSPS) is 18.3. The Labute approximate surface area is 78.1 Å². The molecule has 1 aromatic heterocycles. The van der Waals surface area contributed by atoms with E-state index < -0.39 is 0 Å². The van der Waals surface area contributed by atoms with E-state index in [1.807, 2.05) is 0 Å². The first-order valence-electron chi connectivity index (χ1n) is 5.00. The van der Waals surface area contributed by atoms with Crippen molar-refractivity contribution in [2.75, 3.05) is 0 Å². The van der Waals surface area contributed by atoms with Gasteiger partial charge in [-0.15, -0.1) is 10.2 Å². The predicted octanol–water partition coefficient (Wildman–Crippen LogP) is 1.02. The van der Waals surface area contributed by atoms with Gasteiger partial charge in [-0.05, 0) is 19.3 Å². The SMILES string of the molecule is CCC(N)c1nnc2n1CCCC2. The maximum absolute atomic E-state index is 5.94. The Bertz CT molecular complexity index is 292. The fourth-order valence-corrected chi connectivity index (χ4v) is 1.79. The standard InChI is InChI=1S/C9H16N4/c1-2-7(10)9-12-11-8-5-3-4-6-13(8)9/h7H,2-6,10H2,1H3. The molecule has 0 bridgehead atoms.